The van der Waals surface area contributed by atoms with Gasteiger partial charge in [0.05, 0.1) is 12.5 Å². The number of allylic oxidation sites excluding steroid dienone is 1. The van der Waals surface area contributed by atoms with Gasteiger partial charge in [-0.3, -0.25) is 19.3 Å². The molecule has 1 aliphatic heterocycles. The predicted molar refractivity (Wildman–Crippen MR) is 143 cm³/mol. The Labute approximate surface area is 226 Å². The van der Waals surface area contributed by atoms with Gasteiger partial charge in [0.25, 0.3) is 11.8 Å². The number of hydrogen-bond acceptors (Lipinski definition) is 4. The van der Waals surface area contributed by atoms with Gasteiger partial charge in [-0.2, -0.15) is 0 Å². The number of carbonyl (C=O) groups excluding carboxylic acids is 2. The highest BCUT2D eigenvalue weighted by molar-refractivity contribution is 6.47. The number of carbonyl (C=O) groups is 3. The molecule has 0 saturated carbocycles. The quantitative estimate of drug-likeness (QED) is 0.369. The van der Waals surface area contributed by atoms with E-state index in [1.54, 1.807) is 30.3 Å². The van der Waals surface area contributed by atoms with Crippen molar-refractivity contribution in [1.82, 2.24) is 10.2 Å². The van der Waals surface area contributed by atoms with E-state index >= 15 is 0 Å². The standard InChI is InChI=1S/C30H31F2N3O4/c1-4-5-8-25(20-10-12-21(13-11-20)29(38)33-15-14-27(36)37)35-26(9-6-7-19(2)3)34-28(30(35)39)22-16-23(31)18-24(32)17-22/h7,10-13,16-19,25H,4-5,8,14-15H2,1-3H3,(H,33,38)(H,36,37)/t25-/m1/s1. The highest BCUT2D eigenvalue weighted by atomic mass is 19.1. The van der Waals surface area contributed by atoms with E-state index in [1.807, 2.05) is 20.8 Å². The molecule has 0 aliphatic carbocycles. The number of aliphatic carboxylic acids is 1. The monoisotopic (exact) mass is 535 g/mol. The Morgan fingerprint density at radius 3 is 2.38 bits per heavy atom. The molecular formula is C30H31F2N3O4. The second-order valence-corrected chi connectivity index (χ2v) is 9.48. The van der Waals surface area contributed by atoms with Crippen molar-refractivity contribution in [3.63, 3.8) is 0 Å². The van der Waals surface area contributed by atoms with Crippen LogP contribution in [0.3, 0.4) is 0 Å². The Balaban J connectivity index is 2.02. The van der Waals surface area contributed by atoms with Gasteiger partial charge in [0, 0.05) is 23.7 Å². The lowest BCUT2D eigenvalue weighted by Gasteiger charge is -2.28. The molecule has 1 atom stereocenters. The fraction of sp³-hybridized carbons (Fsp3) is 0.333. The van der Waals surface area contributed by atoms with Gasteiger partial charge in [0.2, 0.25) is 0 Å². The van der Waals surface area contributed by atoms with E-state index in [0.29, 0.717) is 12.0 Å². The van der Waals surface area contributed by atoms with E-state index in [0.717, 1.165) is 36.6 Å². The molecule has 3 rings (SSSR count). The first-order chi connectivity index (χ1) is 18.6. The zero-order chi connectivity index (χ0) is 28.5. The van der Waals surface area contributed by atoms with E-state index < -0.39 is 35.5 Å². The third kappa shape index (κ3) is 7.84. The van der Waals surface area contributed by atoms with Crippen LogP contribution < -0.4 is 5.32 Å². The Morgan fingerprint density at radius 2 is 1.79 bits per heavy atom. The lowest BCUT2D eigenvalue weighted by atomic mass is 9.97. The maximum absolute atomic E-state index is 14.0. The number of nitrogens with zero attached hydrogens (tertiary/aromatic N) is 2. The predicted octanol–water partition coefficient (Wildman–Crippen LogP) is 5.54. The maximum Gasteiger partial charge on any atom is 0.305 e. The second-order valence-electron chi connectivity index (χ2n) is 9.48. The van der Waals surface area contributed by atoms with Gasteiger partial charge < -0.3 is 10.4 Å². The fourth-order valence-electron chi connectivity index (χ4n) is 4.03. The average Bonchev–Trinajstić information content (AvgIpc) is 3.19. The summed E-state index contributed by atoms with van der Waals surface area (Å²) in [6, 6.07) is 9.02. The highest BCUT2D eigenvalue weighted by Gasteiger charge is 2.37. The minimum absolute atomic E-state index is 0.00248. The molecule has 2 amide bonds. The molecule has 39 heavy (non-hydrogen) atoms. The lowest BCUT2D eigenvalue weighted by molar-refractivity contribution is -0.136. The first-order valence-electron chi connectivity index (χ1n) is 12.8. The Kier molecular flexibility index (Phi) is 10.1. The van der Waals surface area contributed by atoms with Gasteiger partial charge in [0.1, 0.15) is 17.3 Å². The van der Waals surface area contributed by atoms with Gasteiger partial charge >= 0.3 is 5.97 Å². The van der Waals surface area contributed by atoms with Crippen LogP contribution in [0.4, 0.5) is 8.78 Å². The average molecular weight is 536 g/mol. The SMILES string of the molecule is CCCC[C@H](c1ccc(C(=O)NCCC(=O)O)cc1)N1C(=O)C(c2cc(F)cc(F)c2)=NC1=C=C=CC(C)C. The maximum atomic E-state index is 14.0. The number of rotatable bonds is 11. The van der Waals surface area contributed by atoms with Crippen molar-refractivity contribution in [2.24, 2.45) is 10.9 Å². The normalized spacial score (nSPS) is 13.6. The van der Waals surface area contributed by atoms with Crippen molar-refractivity contribution in [1.29, 1.82) is 0 Å². The molecule has 7 nitrogen and oxygen atoms in total. The lowest BCUT2D eigenvalue weighted by Crippen LogP contribution is -2.33. The van der Waals surface area contributed by atoms with Gasteiger partial charge in [0.15, 0.2) is 5.82 Å². The van der Waals surface area contributed by atoms with Gasteiger partial charge in [-0.05, 0) is 54.0 Å². The Morgan fingerprint density at radius 1 is 1.13 bits per heavy atom. The number of aliphatic imine (C=N–C) groups is 1. The molecule has 204 valence electrons. The summed E-state index contributed by atoms with van der Waals surface area (Å²) in [6.45, 7) is 5.95. The van der Waals surface area contributed by atoms with Crippen LogP contribution in [0.15, 0.2) is 70.8 Å². The largest absolute Gasteiger partial charge is 0.481 e. The number of benzene rings is 2. The fourth-order valence-corrected chi connectivity index (χ4v) is 4.03. The van der Waals surface area contributed by atoms with Gasteiger partial charge in [-0.15, -0.1) is 0 Å². The summed E-state index contributed by atoms with van der Waals surface area (Å²) < 4.78 is 28.0. The van der Waals surface area contributed by atoms with Crippen molar-refractivity contribution in [3.05, 3.63) is 94.1 Å². The first kappa shape index (κ1) is 29.2. The highest BCUT2D eigenvalue weighted by Crippen LogP contribution is 2.34. The Bertz CT molecular complexity index is 1350. The summed E-state index contributed by atoms with van der Waals surface area (Å²) in [6.07, 6.45) is 3.77. The van der Waals surface area contributed by atoms with Crippen molar-refractivity contribution in [3.8, 4) is 0 Å². The molecular weight excluding hydrogens is 504 g/mol. The molecule has 0 aromatic heterocycles. The van der Waals surface area contributed by atoms with Crippen molar-refractivity contribution >= 4 is 23.5 Å². The molecule has 1 heterocycles. The summed E-state index contributed by atoms with van der Waals surface area (Å²) in [7, 11) is 0. The third-order valence-electron chi connectivity index (χ3n) is 5.93. The molecule has 2 N–H and O–H groups in total. The van der Waals surface area contributed by atoms with Crippen LogP contribution in [-0.4, -0.2) is 40.0 Å². The van der Waals surface area contributed by atoms with Crippen LogP contribution >= 0.6 is 0 Å². The summed E-state index contributed by atoms with van der Waals surface area (Å²) in [5, 5.41) is 11.3. The van der Waals surface area contributed by atoms with Crippen LogP contribution in [0.5, 0.6) is 0 Å². The molecule has 0 bridgehead atoms. The number of unbranched alkanes of at least 4 members (excludes halogenated alkanes) is 1. The molecule has 2 aromatic carbocycles. The van der Waals surface area contributed by atoms with Crippen molar-refractivity contribution < 1.29 is 28.3 Å². The molecule has 9 heteroatoms. The third-order valence-corrected chi connectivity index (χ3v) is 5.93. The van der Waals surface area contributed by atoms with Gasteiger partial charge in [-0.1, -0.05) is 51.5 Å². The molecule has 0 fully saturated rings. The summed E-state index contributed by atoms with van der Waals surface area (Å²) in [5.74, 6) is -3.23. The molecule has 0 unspecified atom stereocenters. The zero-order valence-electron chi connectivity index (χ0n) is 22.1. The van der Waals surface area contributed by atoms with Crippen LogP contribution in [0.25, 0.3) is 0 Å². The minimum atomic E-state index is -1.01. The number of carboxylic acids is 1. The number of carboxylic acid groups (broad SMARTS) is 1. The topological polar surface area (TPSA) is 99.1 Å². The number of nitrogens with one attached hydrogen (secondary N) is 1. The number of halogens is 2. The minimum Gasteiger partial charge on any atom is -0.481 e. The molecule has 0 spiro atoms. The van der Waals surface area contributed by atoms with Crippen LogP contribution in [0.2, 0.25) is 0 Å². The summed E-state index contributed by atoms with van der Waals surface area (Å²) >= 11 is 0. The van der Waals surface area contributed by atoms with E-state index in [9.17, 15) is 23.2 Å². The van der Waals surface area contributed by atoms with Crippen LogP contribution in [0.1, 0.15) is 74.0 Å². The summed E-state index contributed by atoms with van der Waals surface area (Å²) in [4.78, 5) is 42.7. The molecule has 1 aliphatic rings. The molecule has 0 radical (unpaired) electrons. The van der Waals surface area contributed by atoms with Crippen molar-refractivity contribution in [2.75, 3.05) is 6.54 Å². The van der Waals surface area contributed by atoms with E-state index in [2.05, 4.69) is 21.8 Å². The van der Waals surface area contributed by atoms with E-state index in [4.69, 9.17) is 5.11 Å². The second kappa shape index (κ2) is 13.5. The van der Waals surface area contributed by atoms with Crippen LogP contribution in [0, 0.1) is 17.6 Å². The Hall–Kier alpha value is -4.32. The molecule has 0 saturated heterocycles. The number of hydrogen-bond donors (Lipinski definition) is 2. The van der Waals surface area contributed by atoms with Gasteiger partial charge in [-0.25, -0.2) is 13.8 Å². The van der Waals surface area contributed by atoms with Crippen molar-refractivity contribution in [2.45, 2.75) is 52.5 Å². The number of amides is 2. The molecule has 2 aromatic rings. The van der Waals surface area contributed by atoms with E-state index in [1.165, 1.54) is 4.90 Å². The zero-order valence-corrected chi connectivity index (χ0v) is 22.1. The summed E-state index contributed by atoms with van der Waals surface area (Å²) in [5.41, 5.74) is 6.87. The van der Waals surface area contributed by atoms with Crippen LogP contribution in [-0.2, 0) is 9.59 Å². The smallest absolute Gasteiger partial charge is 0.305 e. The van der Waals surface area contributed by atoms with E-state index in [-0.39, 0.29) is 36.0 Å². The first-order valence-corrected chi connectivity index (χ1v) is 12.8.